The van der Waals surface area contributed by atoms with Crippen molar-refractivity contribution in [3.8, 4) is 0 Å². The maximum absolute atomic E-state index is 11.3. The van der Waals surface area contributed by atoms with Crippen LogP contribution < -0.4 is 0 Å². The molecule has 0 saturated heterocycles. The average molecular weight is 154 g/mol. The molecule has 0 rings (SSSR count). The third kappa shape index (κ3) is 7.29. The van der Waals surface area contributed by atoms with Crippen molar-refractivity contribution in [3.05, 3.63) is 0 Å². The second-order valence-electron chi connectivity index (χ2n) is 1.63. The molecule has 0 unspecified atom stereocenters. The van der Waals surface area contributed by atoms with E-state index in [-0.39, 0.29) is 6.61 Å². The van der Waals surface area contributed by atoms with E-state index in [0.29, 0.717) is 0 Å². The van der Waals surface area contributed by atoms with E-state index < -0.39 is 25.4 Å². The van der Waals surface area contributed by atoms with Crippen molar-refractivity contribution in [1.29, 1.82) is 0 Å². The van der Waals surface area contributed by atoms with Crippen molar-refractivity contribution in [1.82, 2.24) is 0 Å². The molecule has 0 fully saturated rings. The number of carboxylic acid groups (broad SMARTS) is 1. The van der Waals surface area contributed by atoms with Gasteiger partial charge in [-0.3, -0.25) is 0 Å². The van der Waals surface area contributed by atoms with Gasteiger partial charge in [-0.1, -0.05) is 0 Å². The highest BCUT2D eigenvalue weighted by Crippen LogP contribution is 1.97. The predicted molar refractivity (Wildman–Crippen MR) is 29.1 cm³/mol. The van der Waals surface area contributed by atoms with Crippen LogP contribution in [0.5, 0.6) is 0 Å². The third-order valence-corrected chi connectivity index (χ3v) is 0.706. The summed E-state index contributed by atoms with van der Waals surface area (Å²) in [6, 6.07) is 0. The summed E-state index contributed by atoms with van der Waals surface area (Å²) in [5.74, 6) is -1.14. The first-order chi connectivity index (χ1) is 4.63. The Balaban J connectivity index is 2.98. The minimum atomic E-state index is -2.42. The molecule has 0 heterocycles. The van der Waals surface area contributed by atoms with Gasteiger partial charge >= 0.3 is 5.97 Å². The fourth-order valence-corrected chi connectivity index (χ4v) is 0.332. The molecule has 5 heteroatoms. The van der Waals surface area contributed by atoms with E-state index in [1.165, 1.54) is 0 Å². The molecular weight excluding hydrogens is 146 g/mol. The first kappa shape index (κ1) is 9.29. The van der Waals surface area contributed by atoms with Gasteiger partial charge in [-0.05, 0) is 0 Å². The fourth-order valence-electron chi connectivity index (χ4n) is 0.332. The number of hydrogen-bond donors (Lipinski definition) is 1. The Kier molecular flexibility index (Phi) is 4.74. The smallest absolute Gasteiger partial charge is 0.329 e. The number of halogens is 2. The van der Waals surface area contributed by atoms with E-state index in [1.54, 1.807) is 0 Å². The summed E-state index contributed by atoms with van der Waals surface area (Å²) in [5.41, 5.74) is 0. The molecule has 60 valence electrons. The summed E-state index contributed by atoms with van der Waals surface area (Å²) in [7, 11) is 0. The van der Waals surface area contributed by atoms with Crippen LogP contribution in [0.3, 0.4) is 0 Å². The van der Waals surface area contributed by atoms with E-state index in [2.05, 4.69) is 4.74 Å². The molecule has 0 radical (unpaired) electrons. The van der Waals surface area contributed by atoms with Crippen molar-refractivity contribution in [3.63, 3.8) is 0 Å². The molecule has 0 amide bonds. The van der Waals surface area contributed by atoms with Gasteiger partial charge in [0.05, 0.1) is 6.61 Å². The van der Waals surface area contributed by atoms with Crippen LogP contribution in [0.25, 0.3) is 0 Å². The zero-order chi connectivity index (χ0) is 7.98. The molecule has 1 N–H and O–H groups in total. The maximum Gasteiger partial charge on any atom is 0.329 e. The molecule has 3 nitrogen and oxygen atoms in total. The van der Waals surface area contributed by atoms with Crippen molar-refractivity contribution >= 4 is 5.97 Å². The highest BCUT2D eigenvalue weighted by molar-refractivity contribution is 5.67. The van der Waals surface area contributed by atoms with Crippen LogP contribution in [0.2, 0.25) is 0 Å². The Bertz CT molecular complexity index is 105. The molecule has 0 aromatic carbocycles. The van der Waals surface area contributed by atoms with Crippen LogP contribution in [-0.4, -0.2) is 30.7 Å². The van der Waals surface area contributed by atoms with Crippen molar-refractivity contribution in [2.75, 3.05) is 13.2 Å². The molecule has 0 atom stereocenters. The van der Waals surface area contributed by atoms with Gasteiger partial charge in [0.25, 0.3) is 0 Å². The number of carboxylic acids is 1. The minimum Gasteiger partial charge on any atom is -0.480 e. The average Bonchev–Trinajstić information content (AvgIpc) is 1.79. The van der Waals surface area contributed by atoms with Crippen LogP contribution in [0.15, 0.2) is 0 Å². The SMILES string of the molecule is O=C(O)COCCC(F)F. The molecule has 0 bridgehead atoms. The largest absolute Gasteiger partial charge is 0.480 e. The Labute approximate surface area is 56.6 Å². The Morgan fingerprint density at radius 3 is 2.60 bits per heavy atom. The number of rotatable bonds is 5. The molecule has 0 saturated carbocycles. The quantitative estimate of drug-likeness (QED) is 0.594. The van der Waals surface area contributed by atoms with E-state index in [9.17, 15) is 13.6 Å². The van der Waals surface area contributed by atoms with Gasteiger partial charge in [-0.25, -0.2) is 13.6 Å². The molecular formula is C5H8F2O3. The number of ether oxygens (including phenoxy) is 1. The fraction of sp³-hybridized carbons (Fsp3) is 0.800. The van der Waals surface area contributed by atoms with Gasteiger partial charge in [-0.2, -0.15) is 0 Å². The normalized spacial score (nSPS) is 10.3. The molecule has 0 spiro atoms. The van der Waals surface area contributed by atoms with Crippen molar-refractivity contribution in [2.45, 2.75) is 12.8 Å². The van der Waals surface area contributed by atoms with Crippen LogP contribution in [-0.2, 0) is 9.53 Å². The topological polar surface area (TPSA) is 46.5 Å². The van der Waals surface area contributed by atoms with Gasteiger partial charge in [0.2, 0.25) is 6.43 Å². The minimum absolute atomic E-state index is 0.204. The molecule has 0 aliphatic carbocycles. The van der Waals surface area contributed by atoms with Gasteiger partial charge < -0.3 is 9.84 Å². The lowest BCUT2D eigenvalue weighted by atomic mass is 10.5. The lowest BCUT2D eigenvalue weighted by Crippen LogP contribution is -2.09. The van der Waals surface area contributed by atoms with E-state index in [1.807, 2.05) is 0 Å². The highest BCUT2D eigenvalue weighted by atomic mass is 19.3. The lowest BCUT2D eigenvalue weighted by molar-refractivity contribution is -0.142. The van der Waals surface area contributed by atoms with E-state index in [0.717, 1.165) is 0 Å². The monoisotopic (exact) mass is 154 g/mol. The molecule has 0 aromatic rings. The Hall–Kier alpha value is -0.710. The van der Waals surface area contributed by atoms with Crippen LogP contribution in [0, 0.1) is 0 Å². The summed E-state index contributed by atoms with van der Waals surface area (Å²) in [6.07, 6.45) is -2.83. The van der Waals surface area contributed by atoms with Crippen molar-refractivity contribution in [2.24, 2.45) is 0 Å². The van der Waals surface area contributed by atoms with Crippen LogP contribution >= 0.6 is 0 Å². The standard InChI is InChI=1S/C5H8F2O3/c6-4(7)1-2-10-3-5(8)9/h4H,1-3H2,(H,8,9). The van der Waals surface area contributed by atoms with Gasteiger partial charge in [0.15, 0.2) is 0 Å². The number of alkyl halides is 2. The zero-order valence-electron chi connectivity index (χ0n) is 5.22. The third-order valence-electron chi connectivity index (χ3n) is 0.706. The summed E-state index contributed by atoms with van der Waals surface area (Å²) in [5, 5.41) is 7.97. The lowest BCUT2D eigenvalue weighted by Gasteiger charge is -1.98. The zero-order valence-corrected chi connectivity index (χ0v) is 5.22. The Morgan fingerprint density at radius 2 is 2.20 bits per heavy atom. The number of hydrogen-bond acceptors (Lipinski definition) is 2. The first-order valence-electron chi connectivity index (χ1n) is 2.70. The maximum atomic E-state index is 11.3. The van der Waals surface area contributed by atoms with Crippen LogP contribution in [0.1, 0.15) is 6.42 Å². The highest BCUT2D eigenvalue weighted by Gasteiger charge is 2.02. The summed E-state index contributed by atoms with van der Waals surface area (Å²) in [4.78, 5) is 9.73. The number of carbonyl (C=O) groups is 1. The second-order valence-corrected chi connectivity index (χ2v) is 1.63. The molecule has 0 aliphatic heterocycles. The summed E-state index contributed by atoms with van der Waals surface area (Å²) in [6.45, 7) is -0.712. The Morgan fingerprint density at radius 1 is 1.60 bits per heavy atom. The van der Waals surface area contributed by atoms with E-state index >= 15 is 0 Å². The first-order valence-corrected chi connectivity index (χ1v) is 2.70. The summed E-state index contributed by atoms with van der Waals surface area (Å²) >= 11 is 0. The van der Waals surface area contributed by atoms with Gasteiger partial charge in [0, 0.05) is 6.42 Å². The number of aliphatic carboxylic acids is 1. The van der Waals surface area contributed by atoms with Gasteiger partial charge in [0.1, 0.15) is 6.61 Å². The van der Waals surface area contributed by atoms with Crippen LogP contribution in [0.4, 0.5) is 8.78 Å². The molecule has 10 heavy (non-hydrogen) atoms. The predicted octanol–water partition coefficient (Wildman–Crippen LogP) is 0.743. The van der Waals surface area contributed by atoms with Gasteiger partial charge in [-0.15, -0.1) is 0 Å². The molecule has 0 aromatic heterocycles. The second kappa shape index (κ2) is 5.10. The summed E-state index contributed by atoms with van der Waals surface area (Å²) < 4.78 is 27.0. The molecule has 0 aliphatic rings. The van der Waals surface area contributed by atoms with E-state index in [4.69, 9.17) is 5.11 Å². The van der Waals surface area contributed by atoms with Crippen molar-refractivity contribution < 1.29 is 23.4 Å².